The van der Waals surface area contributed by atoms with Gasteiger partial charge in [0.1, 0.15) is 0 Å². The Morgan fingerprint density at radius 2 is 1.74 bits per heavy atom. The number of aromatic nitrogens is 3. The highest BCUT2D eigenvalue weighted by atomic mass is 16.3. The Kier molecular flexibility index (Phi) is 6.49. The van der Waals surface area contributed by atoms with Crippen LogP contribution in [0.2, 0.25) is 0 Å². The molecule has 0 unspecified atom stereocenters. The number of aliphatic hydroxyl groups is 1. The Labute approximate surface area is 199 Å². The molecule has 6 heteroatoms. The zero-order chi connectivity index (χ0) is 23.3. The van der Waals surface area contributed by atoms with Crippen LogP contribution in [0.15, 0.2) is 79.1 Å². The Hall–Kier alpha value is -3.77. The molecule has 0 saturated carbocycles. The Balaban J connectivity index is 1.52. The number of hydrogen-bond acceptors (Lipinski definition) is 4. The van der Waals surface area contributed by atoms with Gasteiger partial charge in [0.15, 0.2) is 5.82 Å². The van der Waals surface area contributed by atoms with E-state index in [0.717, 1.165) is 42.5 Å². The number of benzene rings is 2. The van der Waals surface area contributed by atoms with E-state index in [4.69, 9.17) is 5.10 Å². The van der Waals surface area contributed by atoms with Crippen LogP contribution in [0.25, 0.3) is 17.1 Å². The van der Waals surface area contributed by atoms with Crippen LogP contribution in [0.1, 0.15) is 39.9 Å². The van der Waals surface area contributed by atoms with Crippen LogP contribution in [-0.2, 0) is 19.3 Å². The van der Waals surface area contributed by atoms with Gasteiger partial charge in [-0.25, -0.2) is 9.67 Å². The number of carbonyl (C=O) groups excluding carboxylic acids is 1. The van der Waals surface area contributed by atoms with Gasteiger partial charge >= 0.3 is 0 Å². The summed E-state index contributed by atoms with van der Waals surface area (Å²) in [5.41, 5.74) is 5.97. The minimum absolute atomic E-state index is 0.147. The average Bonchev–Trinajstić information content (AvgIpc) is 3.37. The SMILES string of the molecule is O=C1N[C@H](CO)Cc2ccc(cc2)CCCCc2cccc(c2)-c2ccn(n2)-c2ncccc21. The zero-order valence-corrected chi connectivity index (χ0v) is 19.0. The lowest BCUT2D eigenvalue weighted by Crippen LogP contribution is -2.39. The third-order valence-electron chi connectivity index (χ3n) is 6.30. The van der Waals surface area contributed by atoms with Crippen molar-refractivity contribution >= 4 is 5.91 Å². The standard InChI is InChI=1S/C28H28N4O2/c33-19-24-18-22-12-10-20(11-13-22)5-1-2-6-21-7-3-8-23(17-21)26-14-16-32(31-26)27-25(28(34)30-24)9-4-15-29-27/h3-4,7-17,24,33H,1-2,5-6,18-19H2,(H,30,34)/t24-/m0/s1. The van der Waals surface area contributed by atoms with Crippen LogP contribution in [0.3, 0.4) is 0 Å². The molecule has 1 atom stereocenters. The molecule has 0 fully saturated rings. The number of carbonyl (C=O) groups is 1. The molecular weight excluding hydrogens is 424 g/mol. The number of aliphatic hydroxyl groups excluding tert-OH is 1. The van der Waals surface area contributed by atoms with Gasteiger partial charge in [-0.15, -0.1) is 0 Å². The second-order valence-corrected chi connectivity index (χ2v) is 8.80. The fraction of sp³-hybridized carbons (Fsp3) is 0.250. The number of hydrogen-bond donors (Lipinski definition) is 2. The normalized spacial score (nSPS) is 16.5. The number of nitrogens with one attached hydrogen (secondary N) is 1. The lowest BCUT2D eigenvalue weighted by atomic mass is 9.99. The fourth-order valence-corrected chi connectivity index (χ4v) is 4.45. The molecule has 172 valence electrons. The molecule has 6 rings (SSSR count). The predicted octanol–water partition coefficient (Wildman–Crippen LogP) is 4.15. The lowest BCUT2D eigenvalue weighted by molar-refractivity contribution is 0.0916. The van der Waals surface area contributed by atoms with Crippen LogP contribution >= 0.6 is 0 Å². The first-order valence-electron chi connectivity index (χ1n) is 11.8. The van der Waals surface area contributed by atoms with E-state index in [1.54, 1.807) is 23.0 Å². The van der Waals surface area contributed by atoms with Gasteiger partial charge in [0.05, 0.1) is 23.9 Å². The molecular formula is C28H28N4O2. The van der Waals surface area contributed by atoms with E-state index in [2.05, 4.69) is 58.8 Å². The van der Waals surface area contributed by atoms with Crippen molar-refractivity contribution in [3.63, 3.8) is 0 Å². The van der Waals surface area contributed by atoms with Crippen LogP contribution < -0.4 is 5.32 Å². The molecule has 2 aliphatic heterocycles. The fourth-order valence-electron chi connectivity index (χ4n) is 4.45. The average molecular weight is 453 g/mol. The molecule has 34 heavy (non-hydrogen) atoms. The first-order chi connectivity index (χ1) is 16.7. The van der Waals surface area contributed by atoms with Gasteiger partial charge in [-0.2, -0.15) is 5.10 Å². The minimum atomic E-state index is -0.395. The van der Waals surface area contributed by atoms with E-state index in [-0.39, 0.29) is 12.5 Å². The van der Waals surface area contributed by atoms with Gasteiger partial charge in [0, 0.05) is 18.0 Å². The van der Waals surface area contributed by atoms with Crippen molar-refractivity contribution in [2.75, 3.05) is 6.61 Å². The Morgan fingerprint density at radius 3 is 2.56 bits per heavy atom. The van der Waals surface area contributed by atoms with Crippen molar-refractivity contribution in [1.82, 2.24) is 20.1 Å². The highest BCUT2D eigenvalue weighted by Gasteiger charge is 2.19. The second-order valence-electron chi connectivity index (χ2n) is 8.80. The summed E-state index contributed by atoms with van der Waals surface area (Å²) in [6, 6.07) is 22.0. The molecule has 6 nitrogen and oxygen atoms in total. The maximum absolute atomic E-state index is 13.2. The summed E-state index contributed by atoms with van der Waals surface area (Å²) in [4.78, 5) is 17.6. The van der Waals surface area contributed by atoms with E-state index in [1.807, 2.05) is 12.3 Å². The lowest BCUT2D eigenvalue weighted by Gasteiger charge is -2.18. The molecule has 0 spiro atoms. The molecule has 4 heterocycles. The second kappa shape index (κ2) is 10.0. The molecule has 2 aromatic heterocycles. The molecule has 4 aromatic rings. The molecule has 2 N–H and O–H groups in total. The van der Waals surface area contributed by atoms with Gasteiger partial charge < -0.3 is 10.4 Å². The van der Waals surface area contributed by atoms with Gasteiger partial charge in [0.25, 0.3) is 5.91 Å². The molecule has 2 aromatic carbocycles. The summed E-state index contributed by atoms with van der Waals surface area (Å²) in [6.07, 6.45) is 8.33. The number of nitrogens with zero attached hydrogens (tertiary/aromatic N) is 3. The van der Waals surface area contributed by atoms with E-state index in [9.17, 15) is 9.90 Å². The number of rotatable bonds is 1. The summed E-state index contributed by atoms with van der Waals surface area (Å²) in [5.74, 6) is 0.171. The summed E-state index contributed by atoms with van der Waals surface area (Å²) in [5, 5.41) is 17.6. The van der Waals surface area contributed by atoms with Crippen LogP contribution in [-0.4, -0.2) is 38.4 Å². The maximum atomic E-state index is 13.2. The third kappa shape index (κ3) is 4.92. The van der Waals surface area contributed by atoms with Gasteiger partial charge in [-0.1, -0.05) is 42.5 Å². The molecule has 6 bridgehead atoms. The van der Waals surface area contributed by atoms with E-state index >= 15 is 0 Å². The highest BCUT2D eigenvalue weighted by molar-refractivity contribution is 5.97. The van der Waals surface area contributed by atoms with Crippen molar-refractivity contribution in [2.45, 2.75) is 38.1 Å². The first kappa shape index (κ1) is 22.0. The monoisotopic (exact) mass is 452 g/mol. The number of aryl methyl sites for hydroxylation is 2. The van der Waals surface area contributed by atoms with E-state index < -0.39 is 6.04 Å². The predicted molar refractivity (Wildman–Crippen MR) is 132 cm³/mol. The summed E-state index contributed by atoms with van der Waals surface area (Å²) >= 11 is 0. The van der Waals surface area contributed by atoms with Crippen molar-refractivity contribution in [1.29, 1.82) is 0 Å². The van der Waals surface area contributed by atoms with E-state index in [0.29, 0.717) is 17.8 Å². The molecule has 0 aliphatic carbocycles. The highest BCUT2D eigenvalue weighted by Crippen LogP contribution is 2.22. The molecule has 2 aliphatic rings. The summed E-state index contributed by atoms with van der Waals surface area (Å²) in [7, 11) is 0. The largest absolute Gasteiger partial charge is 0.394 e. The Bertz CT molecular complexity index is 1280. The van der Waals surface area contributed by atoms with Gasteiger partial charge in [0.2, 0.25) is 0 Å². The van der Waals surface area contributed by atoms with Crippen LogP contribution in [0.4, 0.5) is 0 Å². The summed E-state index contributed by atoms with van der Waals surface area (Å²) < 4.78 is 1.64. The molecule has 1 amide bonds. The van der Waals surface area contributed by atoms with Crippen LogP contribution in [0.5, 0.6) is 0 Å². The van der Waals surface area contributed by atoms with Gasteiger partial charge in [-0.3, -0.25) is 4.79 Å². The van der Waals surface area contributed by atoms with Crippen LogP contribution in [0, 0.1) is 0 Å². The van der Waals surface area contributed by atoms with Crippen molar-refractivity contribution < 1.29 is 9.90 Å². The van der Waals surface area contributed by atoms with Gasteiger partial charge in [-0.05, 0) is 73.1 Å². The first-order valence-corrected chi connectivity index (χ1v) is 11.8. The third-order valence-corrected chi connectivity index (χ3v) is 6.30. The number of pyridine rings is 1. The smallest absolute Gasteiger partial charge is 0.255 e. The zero-order valence-electron chi connectivity index (χ0n) is 19.0. The minimum Gasteiger partial charge on any atom is -0.394 e. The number of fused-ring (bicyclic) bond motifs is 8. The van der Waals surface area contributed by atoms with Crippen molar-refractivity contribution in [3.05, 3.63) is 101 Å². The quantitative estimate of drug-likeness (QED) is 0.455. The molecule has 0 saturated heterocycles. The van der Waals surface area contributed by atoms with Crippen molar-refractivity contribution in [2.24, 2.45) is 0 Å². The maximum Gasteiger partial charge on any atom is 0.255 e. The number of amides is 1. The van der Waals surface area contributed by atoms with Crippen molar-refractivity contribution in [3.8, 4) is 17.1 Å². The summed E-state index contributed by atoms with van der Waals surface area (Å²) in [6.45, 7) is -0.147. The molecule has 0 radical (unpaired) electrons. The topological polar surface area (TPSA) is 80.0 Å². The Morgan fingerprint density at radius 1 is 0.941 bits per heavy atom. The van der Waals surface area contributed by atoms with E-state index in [1.165, 1.54) is 11.1 Å².